The quantitative estimate of drug-likeness (QED) is 0.312. The summed E-state index contributed by atoms with van der Waals surface area (Å²) in [5.74, 6) is 0.874. The van der Waals surface area contributed by atoms with Gasteiger partial charge in [0.2, 0.25) is 5.95 Å². The number of nitrogens with two attached hydrogens (primary N) is 1. The molecule has 2 aliphatic heterocycles. The molecule has 5 rings (SSSR count). The fourth-order valence-corrected chi connectivity index (χ4v) is 6.36. The molecule has 12 heteroatoms. The van der Waals surface area contributed by atoms with E-state index in [4.69, 9.17) is 20.2 Å². The van der Waals surface area contributed by atoms with Crippen molar-refractivity contribution in [3.63, 3.8) is 0 Å². The maximum Gasteiger partial charge on any atom is 0.271 e. The summed E-state index contributed by atoms with van der Waals surface area (Å²) in [6.45, 7) is 13.1. The standard InChI is InChI=1S/C33H44N8O4/c1-31(2)16-21(17-32(3,4)40(31)7)37-27-23(26(34)42)19-36-30(39-27)38-24-12-10-9-11-22(24)20-15-25-28(35-18-20)41(13-14-44-8)29(43)33(5,6)45-25/h9-12,15,18-19,21H,13-14,16-17H2,1-8H3,(H2,34,42)(H2,36,37,38,39). The molecule has 1 fully saturated rings. The summed E-state index contributed by atoms with van der Waals surface area (Å²) < 4.78 is 11.3. The minimum absolute atomic E-state index is 0.0602. The van der Waals surface area contributed by atoms with Gasteiger partial charge in [0.05, 0.1) is 18.7 Å². The third-order valence-electron chi connectivity index (χ3n) is 8.92. The highest BCUT2D eigenvalue weighted by atomic mass is 16.5. The summed E-state index contributed by atoms with van der Waals surface area (Å²) in [5, 5.41) is 6.84. The van der Waals surface area contributed by atoms with Crippen molar-refractivity contribution in [2.45, 2.75) is 77.1 Å². The second-order valence-corrected chi connectivity index (χ2v) is 13.5. The number of carbonyl (C=O) groups is 2. The summed E-state index contributed by atoms with van der Waals surface area (Å²) >= 11 is 0. The Balaban J connectivity index is 1.45. The molecule has 0 unspecified atom stereocenters. The van der Waals surface area contributed by atoms with Gasteiger partial charge in [-0.15, -0.1) is 0 Å². The molecule has 4 N–H and O–H groups in total. The number of fused-ring (bicyclic) bond motifs is 1. The van der Waals surface area contributed by atoms with Crippen molar-refractivity contribution < 1.29 is 19.1 Å². The molecule has 45 heavy (non-hydrogen) atoms. The van der Waals surface area contributed by atoms with Crippen LogP contribution < -0.4 is 26.0 Å². The minimum atomic E-state index is -1.06. The number of nitrogens with zero attached hydrogens (tertiary/aromatic N) is 5. The molecule has 0 radical (unpaired) electrons. The summed E-state index contributed by atoms with van der Waals surface area (Å²) in [6, 6.07) is 9.64. The van der Waals surface area contributed by atoms with E-state index in [9.17, 15) is 9.59 Å². The summed E-state index contributed by atoms with van der Waals surface area (Å²) in [5.41, 5.74) is 7.11. The fourth-order valence-electron chi connectivity index (χ4n) is 6.36. The molecule has 3 aromatic rings. The molecular formula is C33H44N8O4. The highest BCUT2D eigenvalue weighted by molar-refractivity contribution is 6.02. The number of aromatic nitrogens is 3. The molecule has 0 saturated carbocycles. The van der Waals surface area contributed by atoms with Gasteiger partial charge in [-0.2, -0.15) is 4.98 Å². The Morgan fingerprint density at radius 3 is 2.44 bits per heavy atom. The number of carbonyl (C=O) groups excluding carboxylic acids is 2. The lowest BCUT2D eigenvalue weighted by Gasteiger charge is -2.53. The van der Waals surface area contributed by atoms with Gasteiger partial charge in [0.1, 0.15) is 5.82 Å². The summed E-state index contributed by atoms with van der Waals surface area (Å²) in [7, 11) is 3.75. The van der Waals surface area contributed by atoms with Crippen LogP contribution in [0.1, 0.15) is 64.7 Å². The van der Waals surface area contributed by atoms with Gasteiger partial charge in [-0.1, -0.05) is 18.2 Å². The third kappa shape index (κ3) is 6.43. The van der Waals surface area contributed by atoms with Crippen molar-refractivity contribution >= 4 is 35.1 Å². The normalized spacial score (nSPS) is 19.0. The first-order valence-corrected chi connectivity index (χ1v) is 15.2. The second kappa shape index (κ2) is 11.9. The Labute approximate surface area is 264 Å². The van der Waals surface area contributed by atoms with E-state index in [1.807, 2.05) is 30.3 Å². The Bertz CT molecular complexity index is 1590. The molecule has 12 nitrogen and oxygen atoms in total. The Hall–Kier alpha value is -4.29. The Morgan fingerprint density at radius 2 is 1.78 bits per heavy atom. The van der Waals surface area contributed by atoms with Gasteiger partial charge in [-0.25, -0.2) is 9.97 Å². The number of pyridine rings is 1. The van der Waals surface area contributed by atoms with Crippen molar-refractivity contribution in [2.24, 2.45) is 5.73 Å². The van der Waals surface area contributed by atoms with Gasteiger partial charge in [-0.3, -0.25) is 19.4 Å². The summed E-state index contributed by atoms with van der Waals surface area (Å²) in [4.78, 5) is 43.2. The fraction of sp³-hybridized carbons (Fsp3) is 0.485. The topological polar surface area (TPSA) is 148 Å². The Morgan fingerprint density at radius 1 is 1.09 bits per heavy atom. The first kappa shape index (κ1) is 32.1. The van der Waals surface area contributed by atoms with Gasteiger partial charge in [0, 0.05) is 53.4 Å². The highest BCUT2D eigenvalue weighted by Crippen LogP contribution is 2.41. The van der Waals surface area contributed by atoms with Crippen LogP contribution in [0.15, 0.2) is 42.7 Å². The number of benzene rings is 1. The molecule has 2 aromatic heterocycles. The number of piperidine rings is 1. The predicted molar refractivity (Wildman–Crippen MR) is 175 cm³/mol. The van der Waals surface area contributed by atoms with Crippen molar-refractivity contribution in [2.75, 3.05) is 42.8 Å². The van der Waals surface area contributed by atoms with Crippen LogP contribution in [0.5, 0.6) is 5.75 Å². The molecule has 1 aromatic carbocycles. The number of amides is 2. The largest absolute Gasteiger partial charge is 0.474 e. The van der Waals surface area contributed by atoms with E-state index < -0.39 is 11.5 Å². The first-order valence-electron chi connectivity index (χ1n) is 15.2. The zero-order chi connectivity index (χ0) is 32.7. The first-order chi connectivity index (χ1) is 21.1. The van der Waals surface area contributed by atoms with E-state index >= 15 is 0 Å². The number of methoxy groups -OCH3 is 1. The van der Waals surface area contributed by atoms with E-state index in [2.05, 4.69) is 60.2 Å². The molecule has 0 atom stereocenters. The molecule has 0 bridgehead atoms. The molecule has 2 amide bonds. The van der Waals surface area contributed by atoms with E-state index in [0.717, 1.165) is 29.7 Å². The van der Waals surface area contributed by atoms with Crippen LogP contribution >= 0.6 is 0 Å². The number of ether oxygens (including phenoxy) is 2. The van der Waals surface area contributed by atoms with Crippen molar-refractivity contribution in [3.05, 3.63) is 48.3 Å². The van der Waals surface area contributed by atoms with Crippen LogP contribution in [-0.2, 0) is 9.53 Å². The molecule has 0 spiro atoms. The third-order valence-corrected chi connectivity index (χ3v) is 8.92. The number of primary amides is 1. The number of anilines is 4. The smallest absolute Gasteiger partial charge is 0.271 e. The lowest BCUT2D eigenvalue weighted by Crippen LogP contribution is -2.61. The second-order valence-electron chi connectivity index (χ2n) is 13.5. The zero-order valence-electron chi connectivity index (χ0n) is 27.4. The van der Waals surface area contributed by atoms with Crippen LogP contribution in [-0.4, -0.2) is 81.7 Å². The number of rotatable bonds is 9. The number of para-hydroxylation sites is 1. The van der Waals surface area contributed by atoms with Crippen molar-refractivity contribution in [3.8, 4) is 16.9 Å². The number of hydrogen-bond acceptors (Lipinski definition) is 10. The molecule has 0 aliphatic carbocycles. The van der Waals surface area contributed by atoms with Crippen molar-refractivity contribution in [1.82, 2.24) is 19.9 Å². The molecule has 4 heterocycles. The van der Waals surface area contributed by atoms with Crippen LogP contribution in [0.3, 0.4) is 0 Å². The van der Waals surface area contributed by atoms with Crippen LogP contribution in [0.4, 0.5) is 23.3 Å². The monoisotopic (exact) mass is 616 g/mol. The van der Waals surface area contributed by atoms with Gasteiger partial charge in [-0.05, 0) is 73.6 Å². The van der Waals surface area contributed by atoms with E-state index in [1.54, 1.807) is 32.1 Å². The molecular weight excluding hydrogens is 572 g/mol. The van der Waals surface area contributed by atoms with Crippen molar-refractivity contribution in [1.29, 1.82) is 0 Å². The van der Waals surface area contributed by atoms with E-state index in [-0.39, 0.29) is 28.6 Å². The molecule has 240 valence electrons. The zero-order valence-corrected chi connectivity index (χ0v) is 27.4. The predicted octanol–water partition coefficient (Wildman–Crippen LogP) is 4.59. The molecule has 2 aliphatic rings. The van der Waals surface area contributed by atoms with Crippen LogP contribution in [0.25, 0.3) is 11.1 Å². The maximum atomic E-state index is 13.1. The number of nitrogens with one attached hydrogen (secondary N) is 2. The van der Waals surface area contributed by atoms with Gasteiger partial charge in [0.25, 0.3) is 11.8 Å². The number of likely N-dealkylation sites (tertiary alicyclic amines) is 1. The SMILES string of the molecule is COCCN1C(=O)C(C)(C)Oc2cc(-c3ccccc3Nc3ncc(C(N)=O)c(NC4CC(C)(C)N(C)C(C)(C)C4)n3)cnc21. The van der Waals surface area contributed by atoms with Gasteiger partial charge < -0.3 is 25.8 Å². The van der Waals surface area contributed by atoms with Gasteiger partial charge >= 0.3 is 0 Å². The van der Waals surface area contributed by atoms with Crippen LogP contribution in [0, 0.1) is 0 Å². The van der Waals surface area contributed by atoms with E-state index in [1.165, 1.54) is 6.20 Å². The summed E-state index contributed by atoms with van der Waals surface area (Å²) in [6.07, 6.45) is 4.89. The minimum Gasteiger partial charge on any atom is -0.474 e. The maximum absolute atomic E-state index is 13.1. The average molecular weight is 617 g/mol. The highest BCUT2D eigenvalue weighted by Gasteiger charge is 2.44. The Kier molecular flexibility index (Phi) is 8.49. The van der Waals surface area contributed by atoms with E-state index in [0.29, 0.717) is 36.5 Å². The van der Waals surface area contributed by atoms with Gasteiger partial charge in [0.15, 0.2) is 17.2 Å². The number of hydrogen-bond donors (Lipinski definition) is 3. The lowest BCUT2D eigenvalue weighted by atomic mass is 9.77. The average Bonchev–Trinajstić information content (AvgIpc) is 2.96. The van der Waals surface area contributed by atoms with Crippen LogP contribution in [0.2, 0.25) is 0 Å². The lowest BCUT2D eigenvalue weighted by molar-refractivity contribution is -0.132. The molecule has 1 saturated heterocycles.